The quantitative estimate of drug-likeness (QED) is 0.288. The molecule has 0 aromatic heterocycles. The summed E-state index contributed by atoms with van der Waals surface area (Å²) in [6.07, 6.45) is 0.880. The molecule has 38 heavy (non-hydrogen) atoms. The number of carbonyl (C=O) groups excluding carboxylic acids is 3. The molecule has 0 unspecified atom stereocenters. The minimum absolute atomic E-state index is 0.0803. The molecule has 3 rings (SSSR count). The average molecular weight is 538 g/mol. The fourth-order valence-corrected chi connectivity index (χ4v) is 4.30. The van der Waals surface area contributed by atoms with E-state index in [0.29, 0.717) is 24.5 Å². The van der Waals surface area contributed by atoms with E-state index in [0.717, 1.165) is 28.0 Å². The molecule has 0 aliphatic rings. The summed E-state index contributed by atoms with van der Waals surface area (Å²) in [4.78, 5) is 34.9. The summed E-state index contributed by atoms with van der Waals surface area (Å²) in [7, 11) is 0. The van der Waals surface area contributed by atoms with Gasteiger partial charge in [0.1, 0.15) is 25.6 Å². The van der Waals surface area contributed by atoms with Gasteiger partial charge in [-0.25, -0.2) is 0 Å². The van der Waals surface area contributed by atoms with Gasteiger partial charge in [-0.2, -0.15) is 0 Å². The van der Waals surface area contributed by atoms with Crippen molar-refractivity contribution in [2.24, 2.45) is 11.1 Å². The molecule has 1 amide bonds. The lowest BCUT2D eigenvalue weighted by molar-refractivity contribution is -0.154. The van der Waals surface area contributed by atoms with E-state index in [-0.39, 0.29) is 19.6 Å². The number of rotatable bonds is 13. The first-order valence-electron chi connectivity index (χ1n) is 12.3. The first-order valence-corrected chi connectivity index (χ1v) is 12.6. The average Bonchev–Trinajstić information content (AvgIpc) is 2.89. The van der Waals surface area contributed by atoms with Crippen molar-refractivity contribution < 1.29 is 28.6 Å². The van der Waals surface area contributed by atoms with Crippen LogP contribution in [0.5, 0.6) is 5.75 Å². The molecule has 2 N–H and O–H groups in total. The molecular weight excluding hydrogens is 506 g/mol. The molecule has 200 valence electrons. The molecule has 0 saturated carbocycles. The van der Waals surface area contributed by atoms with Crippen LogP contribution in [-0.4, -0.2) is 31.1 Å². The van der Waals surface area contributed by atoms with Crippen LogP contribution in [-0.2, 0) is 36.9 Å². The van der Waals surface area contributed by atoms with Crippen molar-refractivity contribution in [3.8, 4) is 16.9 Å². The van der Waals surface area contributed by atoms with Crippen LogP contribution in [0.1, 0.15) is 37.8 Å². The summed E-state index contributed by atoms with van der Waals surface area (Å²) < 4.78 is 16.5. The third-order valence-corrected chi connectivity index (χ3v) is 6.47. The summed E-state index contributed by atoms with van der Waals surface area (Å²) in [5.74, 6) is -0.816. The molecule has 0 bridgehead atoms. The Morgan fingerprint density at radius 2 is 1.47 bits per heavy atom. The Morgan fingerprint density at radius 1 is 0.842 bits per heavy atom. The summed E-state index contributed by atoms with van der Waals surface area (Å²) in [5.41, 5.74) is 8.46. The van der Waals surface area contributed by atoms with E-state index in [1.54, 1.807) is 0 Å². The van der Waals surface area contributed by atoms with Crippen molar-refractivity contribution in [2.45, 2.75) is 39.7 Å². The molecule has 0 heterocycles. The van der Waals surface area contributed by atoms with Crippen molar-refractivity contribution in [1.82, 2.24) is 0 Å². The molecule has 8 heteroatoms. The maximum absolute atomic E-state index is 11.9. The minimum atomic E-state index is -0.925. The number of nitrogens with two attached hydrogens (primary N) is 1. The van der Waals surface area contributed by atoms with Crippen molar-refractivity contribution in [3.63, 3.8) is 0 Å². The van der Waals surface area contributed by atoms with E-state index < -0.39 is 23.3 Å². The SMILES string of the molecule is CC(=O)OCC(CCc1cccc(-c2cccc(OCc3ccccc3Cl)c2)c1)(COC(C)=O)CC(N)=O. The van der Waals surface area contributed by atoms with Gasteiger partial charge >= 0.3 is 11.9 Å². The molecule has 3 aromatic rings. The van der Waals surface area contributed by atoms with Crippen LogP contribution in [0.15, 0.2) is 72.8 Å². The number of primary amides is 1. The van der Waals surface area contributed by atoms with Gasteiger partial charge in [0.25, 0.3) is 0 Å². The van der Waals surface area contributed by atoms with E-state index in [9.17, 15) is 14.4 Å². The highest BCUT2D eigenvalue weighted by molar-refractivity contribution is 6.31. The van der Waals surface area contributed by atoms with Crippen LogP contribution in [0.25, 0.3) is 11.1 Å². The number of benzene rings is 3. The Bertz CT molecular complexity index is 1260. The third kappa shape index (κ3) is 8.92. The predicted molar refractivity (Wildman–Crippen MR) is 145 cm³/mol. The second-order valence-electron chi connectivity index (χ2n) is 9.31. The van der Waals surface area contributed by atoms with Crippen LogP contribution in [0.3, 0.4) is 0 Å². The second kappa shape index (κ2) is 13.6. The maximum atomic E-state index is 11.9. The Hall–Kier alpha value is -3.84. The molecule has 0 aliphatic heterocycles. The van der Waals surface area contributed by atoms with Crippen LogP contribution in [0, 0.1) is 5.41 Å². The van der Waals surface area contributed by atoms with E-state index in [1.807, 2.05) is 66.7 Å². The summed E-state index contributed by atoms with van der Waals surface area (Å²) in [6, 6.07) is 23.3. The minimum Gasteiger partial charge on any atom is -0.489 e. The molecule has 7 nitrogen and oxygen atoms in total. The van der Waals surface area contributed by atoms with Gasteiger partial charge in [-0.3, -0.25) is 14.4 Å². The Morgan fingerprint density at radius 3 is 2.11 bits per heavy atom. The molecule has 0 radical (unpaired) electrons. The highest BCUT2D eigenvalue weighted by Crippen LogP contribution is 2.32. The molecule has 0 atom stereocenters. The predicted octanol–water partition coefficient (Wildman–Crippen LogP) is 5.51. The maximum Gasteiger partial charge on any atom is 0.302 e. The molecule has 3 aromatic carbocycles. The normalized spacial score (nSPS) is 11.0. The van der Waals surface area contributed by atoms with Gasteiger partial charge in [0.2, 0.25) is 5.91 Å². The van der Waals surface area contributed by atoms with Crippen LogP contribution in [0.2, 0.25) is 5.02 Å². The Labute approximate surface area is 227 Å². The molecule has 0 spiro atoms. The van der Waals surface area contributed by atoms with E-state index in [2.05, 4.69) is 6.07 Å². The first kappa shape index (κ1) is 28.7. The van der Waals surface area contributed by atoms with Crippen molar-refractivity contribution >= 4 is 29.4 Å². The number of ether oxygens (including phenoxy) is 3. The van der Waals surface area contributed by atoms with Gasteiger partial charge in [-0.05, 0) is 47.7 Å². The van der Waals surface area contributed by atoms with Gasteiger partial charge in [0, 0.05) is 36.3 Å². The molecule has 0 aliphatic carbocycles. The van der Waals surface area contributed by atoms with E-state index in [4.69, 9.17) is 31.5 Å². The highest BCUT2D eigenvalue weighted by Gasteiger charge is 2.35. The summed E-state index contributed by atoms with van der Waals surface area (Å²) >= 11 is 6.24. The van der Waals surface area contributed by atoms with Gasteiger partial charge in [0.15, 0.2) is 0 Å². The zero-order valence-electron chi connectivity index (χ0n) is 21.6. The third-order valence-electron chi connectivity index (χ3n) is 6.10. The standard InChI is InChI=1S/C30H32ClNO6/c1-21(33)37-19-30(17-29(32)35,20-38-22(2)34)14-13-23-7-5-9-24(15-23)25-10-6-11-27(16-25)36-18-26-8-3-4-12-28(26)31/h3-12,15-16H,13-14,17-20H2,1-2H3,(H2,32,35). The highest BCUT2D eigenvalue weighted by atomic mass is 35.5. The van der Waals surface area contributed by atoms with Gasteiger partial charge < -0.3 is 19.9 Å². The number of halogens is 1. The second-order valence-corrected chi connectivity index (χ2v) is 9.72. The topological polar surface area (TPSA) is 105 Å². The Kier molecular flexibility index (Phi) is 10.3. The lowest BCUT2D eigenvalue weighted by atomic mass is 9.80. The zero-order chi connectivity index (χ0) is 27.5. The number of carbonyl (C=O) groups is 3. The van der Waals surface area contributed by atoms with E-state index >= 15 is 0 Å². The van der Waals surface area contributed by atoms with Gasteiger partial charge in [-0.15, -0.1) is 0 Å². The molecule has 0 fully saturated rings. The number of hydrogen-bond donors (Lipinski definition) is 1. The summed E-state index contributed by atoms with van der Waals surface area (Å²) in [6.45, 7) is 2.77. The largest absolute Gasteiger partial charge is 0.489 e. The smallest absolute Gasteiger partial charge is 0.302 e. The van der Waals surface area contributed by atoms with Gasteiger partial charge in [-0.1, -0.05) is 66.2 Å². The molecule has 0 saturated heterocycles. The van der Waals surface area contributed by atoms with E-state index in [1.165, 1.54) is 13.8 Å². The van der Waals surface area contributed by atoms with Crippen LogP contribution < -0.4 is 10.5 Å². The summed E-state index contributed by atoms with van der Waals surface area (Å²) in [5, 5.41) is 0.658. The first-order chi connectivity index (χ1) is 18.2. The van der Waals surface area contributed by atoms with Crippen LogP contribution in [0.4, 0.5) is 0 Å². The zero-order valence-corrected chi connectivity index (χ0v) is 22.3. The monoisotopic (exact) mass is 537 g/mol. The van der Waals surface area contributed by atoms with Gasteiger partial charge in [0.05, 0.1) is 0 Å². The number of aryl methyl sites for hydroxylation is 1. The van der Waals surface area contributed by atoms with Crippen molar-refractivity contribution in [3.05, 3.63) is 88.9 Å². The van der Waals surface area contributed by atoms with Crippen molar-refractivity contribution in [1.29, 1.82) is 0 Å². The fraction of sp³-hybridized carbons (Fsp3) is 0.300. The lowest BCUT2D eigenvalue weighted by Crippen LogP contribution is -2.38. The number of hydrogen-bond acceptors (Lipinski definition) is 6. The fourth-order valence-electron chi connectivity index (χ4n) is 4.11. The molecular formula is C30H32ClNO6. The number of amides is 1. The van der Waals surface area contributed by atoms with Crippen molar-refractivity contribution in [2.75, 3.05) is 13.2 Å². The Balaban J connectivity index is 1.76. The van der Waals surface area contributed by atoms with Crippen LogP contribution >= 0.6 is 11.6 Å². The number of esters is 2. The lowest BCUT2D eigenvalue weighted by Gasteiger charge is -2.31.